The minimum Gasteiger partial charge on any atom is -0.382 e. The van der Waals surface area contributed by atoms with Gasteiger partial charge in [-0.1, -0.05) is 25.3 Å². The first-order valence-electron chi connectivity index (χ1n) is 7.85. The fourth-order valence-corrected chi connectivity index (χ4v) is 4.03. The largest absolute Gasteiger partial charge is 0.382 e. The average molecular weight is 291 g/mol. The Morgan fingerprint density at radius 3 is 2.90 bits per heavy atom. The summed E-state index contributed by atoms with van der Waals surface area (Å²) < 4.78 is 6.40. The van der Waals surface area contributed by atoms with Crippen molar-refractivity contribution in [1.29, 1.82) is 0 Å². The third-order valence-electron chi connectivity index (χ3n) is 4.71. The van der Waals surface area contributed by atoms with E-state index in [-0.39, 0.29) is 5.60 Å². The Hall–Kier alpha value is -0.670. The Kier molecular flexibility index (Phi) is 4.57. The monoisotopic (exact) mass is 291 g/mol. The highest BCUT2D eigenvalue weighted by atomic mass is 32.2. The SMILES string of the molecule is CSc1cccc(NCC2CCC3(CCCCC3)O2)c1. The van der Waals surface area contributed by atoms with Gasteiger partial charge >= 0.3 is 0 Å². The molecule has 2 nitrogen and oxygen atoms in total. The number of nitrogens with one attached hydrogen (secondary N) is 1. The normalized spacial score (nSPS) is 24.9. The molecule has 1 spiro atoms. The summed E-state index contributed by atoms with van der Waals surface area (Å²) in [5.41, 5.74) is 1.45. The number of hydrogen-bond acceptors (Lipinski definition) is 3. The molecular weight excluding hydrogens is 266 g/mol. The first-order chi connectivity index (χ1) is 9.80. The van der Waals surface area contributed by atoms with Crippen LogP contribution in [0.1, 0.15) is 44.9 Å². The third-order valence-corrected chi connectivity index (χ3v) is 5.43. The molecule has 20 heavy (non-hydrogen) atoms. The molecule has 1 saturated carbocycles. The molecule has 1 aliphatic carbocycles. The van der Waals surface area contributed by atoms with E-state index in [4.69, 9.17) is 4.74 Å². The molecule has 1 aromatic rings. The van der Waals surface area contributed by atoms with Crippen LogP contribution in [0.3, 0.4) is 0 Å². The van der Waals surface area contributed by atoms with Crippen molar-refractivity contribution in [3.8, 4) is 0 Å². The van der Waals surface area contributed by atoms with Gasteiger partial charge in [-0.05, 0) is 50.1 Å². The fourth-order valence-electron chi connectivity index (χ4n) is 3.57. The number of ether oxygens (including phenoxy) is 1. The molecule has 0 aromatic heterocycles. The van der Waals surface area contributed by atoms with Crippen LogP contribution in [0.25, 0.3) is 0 Å². The highest BCUT2D eigenvalue weighted by Crippen LogP contribution is 2.41. The predicted molar refractivity (Wildman–Crippen MR) is 86.6 cm³/mol. The Labute approximate surface area is 126 Å². The van der Waals surface area contributed by atoms with Crippen molar-refractivity contribution in [3.63, 3.8) is 0 Å². The lowest BCUT2D eigenvalue weighted by molar-refractivity contribution is -0.0588. The number of anilines is 1. The van der Waals surface area contributed by atoms with E-state index in [1.165, 1.54) is 55.5 Å². The van der Waals surface area contributed by atoms with Gasteiger partial charge in [0.15, 0.2) is 0 Å². The molecule has 1 heterocycles. The summed E-state index contributed by atoms with van der Waals surface area (Å²) in [6.07, 6.45) is 11.7. The Balaban J connectivity index is 1.51. The molecule has 2 fully saturated rings. The van der Waals surface area contributed by atoms with Crippen LogP contribution in [-0.2, 0) is 4.74 Å². The molecule has 1 unspecified atom stereocenters. The van der Waals surface area contributed by atoms with E-state index < -0.39 is 0 Å². The second-order valence-electron chi connectivity index (χ2n) is 6.14. The maximum absolute atomic E-state index is 6.40. The zero-order valence-electron chi connectivity index (χ0n) is 12.4. The molecule has 1 aliphatic heterocycles. The highest BCUT2D eigenvalue weighted by Gasteiger charge is 2.40. The van der Waals surface area contributed by atoms with Gasteiger partial charge in [0.2, 0.25) is 0 Å². The standard InChI is InChI=1S/C17H25NOS/c1-20-16-7-5-6-14(12-16)18-13-15-8-11-17(19-15)9-3-2-4-10-17/h5-7,12,15,18H,2-4,8-11,13H2,1H3. The van der Waals surface area contributed by atoms with Gasteiger partial charge in [-0.3, -0.25) is 0 Å². The summed E-state index contributed by atoms with van der Waals surface area (Å²) in [4.78, 5) is 1.31. The van der Waals surface area contributed by atoms with Gasteiger partial charge in [0, 0.05) is 17.1 Å². The lowest BCUT2D eigenvalue weighted by Gasteiger charge is -2.33. The molecule has 3 rings (SSSR count). The number of rotatable bonds is 4. The first kappa shape index (κ1) is 14.3. The van der Waals surface area contributed by atoms with Crippen molar-refractivity contribution < 1.29 is 4.74 Å². The molecule has 0 amide bonds. The molecule has 1 aromatic carbocycles. The summed E-state index contributed by atoms with van der Waals surface area (Å²) >= 11 is 1.79. The molecule has 1 atom stereocenters. The molecule has 3 heteroatoms. The van der Waals surface area contributed by atoms with Crippen LogP contribution in [0.2, 0.25) is 0 Å². The molecule has 110 valence electrons. The maximum atomic E-state index is 6.40. The minimum atomic E-state index is 0.242. The smallest absolute Gasteiger partial charge is 0.0756 e. The lowest BCUT2D eigenvalue weighted by Crippen LogP contribution is -2.33. The maximum Gasteiger partial charge on any atom is 0.0756 e. The second kappa shape index (κ2) is 6.40. The summed E-state index contributed by atoms with van der Waals surface area (Å²) in [5, 5.41) is 3.54. The second-order valence-corrected chi connectivity index (χ2v) is 7.01. The topological polar surface area (TPSA) is 21.3 Å². The first-order valence-corrected chi connectivity index (χ1v) is 9.08. The molecule has 0 radical (unpaired) electrons. The van der Waals surface area contributed by atoms with Crippen LogP contribution in [0.15, 0.2) is 29.2 Å². The summed E-state index contributed by atoms with van der Waals surface area (Å²) in [6, 6.07) is 8.63. The predicted octanol–water partition coefficient (Wildman–Crippen LogP) is 4.70. The zero-order chi connectivity index (χ0) is 13.8. The van der Waals surface area contributed by atoms with Gasteiger partial charge in [0.1, 0.15) is 0 Å². The van der Waals surface area contributed by atoms with Gasteiger partial charge in [-0.2, -0.15) is 0 Å². The van der Waals surface area contributed by atoms with Crippen molar-refractivity contribution in [2.75, 3.05) is 18.1 Å². The summed E-state index contributed by atoms with van der Waals surface area (Å²) in [6.45, 7) is 0.944. The van der Waals surface area contributed by atoms with Crippen molar-refractivity contribution in [3.05, 3.63) is 24.3 Å². The van der Waals surface area contributed by atoms with Gasteiger partial charge in [0.05, 0.1) is 11.7 Å². The van der Waals surface area contributed by atoms with Gasteiger partial charge < -0.3 is 10.1 Å². The molecule has 2 aliphatic rings. The van der Waals surface area contributed by atoms with E-state index in [0.717, 1.165) is 6.54 Å². The average Bonchev–Trinajstić information content (AvgIpc) is 2.89. The van der Waals surface area contributed by atoms with Crippen LogP contribution >= 0.6 is 11.8 Å². The number of benzene rings is 1. The van der Waals surface area contributed by atoms with Crippen LogP contribution < -0.4 is 5.32 Å². The van der Waals surface area contributed by atoms with Gasteiger partial charge in [-0.25, -0.2) is 0 Å². The molecular formula is C17H25NOS. The van der Waals surface area contributed by atoms with Crippen LogP contribution in [-0.4, -0.2) is 24.5 Å². The van der Waals surface area contributed by atoms with Gasteiger partial charge in [0.25, 0.3) is 0 Å². The Morgan fingerprint density at radius 2 is 2.10 bits per heavy atom. The molecule has 1 saturated heterocycles. The molecule has 1 N–H and O–H groups in total. The quantitative estimate of drug-likeness (QED) is 0.812. The van der Waals surface area contributed by atoms with E-state index in [2.05, 4.69) is 35.8 Å². The van der Waals surface area contributed by atoms with E-state index >= 15 is 0 Å². The lowest BCUT2D eigenvalue weighted by atomic mass is 9.83. The van der Waals surface area contributed by atoms with Crippen molar-refractivity contribution in [2.45, 2.75) is 61.5 Å². The van der Waals surface area contributed by atoms with Crippen LogP contribution in [0.5, 0.6) is 0 Å². The molecule has 0 bridgehead atoms. The van der Waals surface area contributed by atoms with Crippen molar-refractivity contribution in [1.82, 2.24) is 0 Å². The van der Waals surface area contributed by atoms with Gasteiger partial charge in [-0.15, -0.1) is 11.8 Å². The number of thioether (sulfide) groups is 1. The third kappa shape index (κ3) is 3.32. The van der Waals surface area contributed by atoms with E-state index in [9.17, 15) is 0 Å². The van der Waals surface area contributed by atoms with Crippen LogP contribution in [0, 0.1) is 0 Å². The fraction of sp³-hybridized carbons (Fsp3) is 0.647. The Morgan fingerprint density at radius 1 is 1.25 bits per heavy atom. The van der Waals surface area contributed by atoms with Crippen LogP contribution in [0.4, 0.5) is 5.69 Å². The zero-order valence-corrected chi connectivity index (χ0v) is 13.2. The number of hydrogen-bond donors (Lipinski definition) is 1. The van der Waals surface area contributed by atoms with E-state index in [1.807, 2.05) is 0 Å². The van der Waals surface area contributed by atoms with Crippen molar-refractivity contribution >= 4 is 17.4 Å². The highest BCUT2D eigenvalue weighted by molar-refractivity contribution is 7.98. The van der Waals surface area contributed by atoms with E-state index in [0.29, 0.717) is 6.10 Å². The summed E-state index contributed by atoms with van der Waals surface area (Å²) in [7, 11) is 0. The Bertz CT molecular complexity index is 442. The van der Waals surface area contributed by atoms with E-state index in [1.54, 1.807) is 11.8 Å². The summed E-state index contributed by atoms with van der Waals surface area (Å²) in [5.74, 6) is 0. The van der Waals surface area contributed by atoms with Crippen molar-refractivity contribution in [2.24, 2.45) is 0 Å². The minimum absolute atomic E-state index is 0.242.